The topological polar surface area (TPSA) is 12.9 Å². The zero-order valence-corrected chi connectivity index (χ0v) is 5.95. The first-order chi connectivity index (χ1) is 5.02. The first-order valence-electron chi connectivity index (χ1n) is 2.68. The molecule has 0 aliphatic heterocycles. The van der Waals surface area contributed by atoms with E-state index in [0.29, 0.717) is 6.20 Å². The third-order valence-electron chi connectivity index (χ3n) is 1.07. The molecule has 0 unspecified atom stereocenters. The molecule has 0 aliphatic carbocycles. The normalized spacial score (nSPS) is 10.7. The van der Waals surface area contributed by atoms with E-state index in [9.17, 15) is 13.2 Å². The number of aromatic nitrogens is 1. The molecule has 0 spiro atoms. The summed E-state index contributed by atoms with van der Waals surface area (Å²) in [6, 6.07) is 1.10. The van der Waals surface area contributed by atoms with Crippen LogP contribution in [0, 0.1) is 0 Å². The molecule has 1 heterocycles. The van der Waals surface area contributed by atoms with Crippen LogP contribution in [0.3, 0.4) is 0 Å². The van der Waals surface area contributed by atoms with Crippen molar-refractivity contribution >= 4 is 11.6 Å². The number of hydrogen-bond acceptors (Lipinski definition) is 1. The molecule has 0 amide bonds. The Bertz CT molecular complexity index is 259. The molecule has 0 aromatic carbocycles. The van der Waals surface area contributed by atoms with Crippen LogP contribution >= 0.6 is 11.6 Å². The van der Waals surface area contributed by atoms with Crippen LogP contribution in [0.1, 0.15) is 13.0 Å². The number of nitrogens with zero attached hydrogens (tertiary/aromatic N) is 1. The summed E-state index contributed by atoms with van der Waals surface area (Å²) >= 11 is 5.25. The smallest absolute Gasteiger partial charge is 0.264 e. The van der Waals surface area contributed by atoms with Crippen molar-refractivity contribution in [2.24, 2.45) is 0 Å². The van der Waals surface area contributed by atoms with Crippen LogP contribution in [0.5, 0.6) is 0 Å². The van der Waals surface area contributed by atoms with E-state index in [1.165, 1.54) is 6.20 Å². The third-order valence-corrected chi connectivity index (χ3v) is 1.40. The van der Waals surface area contributed by atoms with E-state index in [-0.39, 0.29) is 12.4 Å². The summed E-state index contributed by atoms with van der Waals surface area (Å²) in [5.41, 5.74) is -0.901. The van der Waals surface area contributed by atoms with Gasteiger partial charge in [0.05, 0.1) is 10.6 Å². The van der Waals surface area contributed by atoms with Crippen molar-refractivity contribution in [2.75, 3.05) is 0 Å². The molecule has 0 fully saturated rings. The molecule has 0 bridgehead atoms. The molecular weight excluding hydrogens is 191 g/mol. The molecule has 68 valence electrons. The van der Waals surface area contributed by atoms with E-state index in [1.54, 1.807) is 0 Å². The molecule has 0 saturated carbocycles. The van der Waals surface area contributed by atoms with Gasteiger partial charge in [-0.15, -0.1) is 0 Å². The van der Waals surface area contributed by atoms with Crippen LogP contribution in [-0.4, -0.2) is 4.98 Å². The maximum Gasteiger partial charge on any atom is 0.419 e. The fourth-order valence-electron chi connectivity index (χ4n) is 0.586. The standard InChI is InChI=1S/C6H3ClF3N.CH4/c7-5-1-2-11-3-4(5)6(8,9)10;/h1-3H;1H4. The monoisotopic (exact) mass is 197 g/mol. The molecule has 0 radical (unpaired) electrons. The predicted octanol–water partition coefficient (Wildman–Crippen LogP) is 3.39. The minimum Gasteiger partial charge on any atom is -0.264 e. The average molecular weight is 198 g/mol. The first kappa shape index (κ1) is 11.2. The Morgan fingerprint density at radius 3 is 2.25 bits per heavy atom. The summed E-state index contributed by atoms with van der Waals surface area (Å²) in [6.07, 6.45) is -2.51. The van der Waals surface area contributed by atoms with E-state index in [4.69, 9.17) is 11.6 Å². The zero-order chi connectivity index (χ0) is 8.48. The van der Waals surface area contributed by atoms with Crippen molar-refractivity contribution < 1.29 is 13.2 Å². The van der Waals surface area contributed by atoms with Gasteiger partial charge in [0.2, 0.25) is 0 Å². The van der Waals surface area contributed by atoms with E-state index in [0.717, 1.165) is 6.07 Å². The first-order valence-corrected chi connectivity index (χ1v) is 3.06. The molecule has 5 heteroatoms. The molecule has 12 heavy (non-hydrogen) atoms. The average Bonchev–Trinajstić information content (AvgIpc) is 1.86. The van der Waals surface area contributed by atoms with Crippen molar-refractivity contribution in [3.05, 3.63) is 29.0 Å². The lowest BCUT2D eigenvalue weighted by atomic mass is 10.3. The Hall–Kier alpha value is -0.770. The molecule has 1 aromatic rings. The van der Waals surface area contributed by atoms with Gasteiger partial charge in [-0.05, 0) is 6.07 Å². The lowest BCUT2D eigenvalue weighted by Crippen LogP contribution is -2.05. The van der Waals surface area contributed by atoms with E-state index < -0.39 is 11.7 Å². The van der Waals surface area contributed by atoms with Gasteiger partial charge in [0.25, 0.3) is 0 Å². The number of rotatable bonds is 0. The second kappa shape index (κ2) is 3.76. The summed E-state index contributed by atoms with van der Waals surface area (Å²) in [5, 5.41) is -0.326. The highest BCUT2D eigenvalue weighted by Gasteiger charge is 2.33. The zero-order valence-electron chi connectivity index (χ0n) is 5.19. The Labute approximate surface area is 73.2 Å². The molecule has 1 nitrogen and oxygen atoms in total. The summed E-state index contributed by atoms with van der Waals surface area (Å²) in [5.74, 6) is 0. The Morgan fingerprint density at radius 1 is 1.33 bits per heavy atom. The lowest BCUT2D eigenvalue weighted by molar-refractivity contribution is -0.137. The van der Waals surface area contributed by atoms with Gasteiger partial charge >= 0.3 is 6.18 Å². The van der Waals surface area contributed by atoms with E-state index in [2.05, 4.69) is 4.98 Å². The van der Waals surface area contributed by atoms with Crippen molar-refractivity contribution in [3.63, 3.8) is 0 Å². The van der Waals surface area contributed by atoms with Gasteiger partial charge in [-0.1, -0.05) is 19.0 Å². The van der Waals surface area contributed by atoms with Crippen LogP contribution in [-0.2, 0) is 6.18 Å². The third kappa shape index (κ3) is 2.37. The molecule has 0 aliphatic rings. The van der Waals surface area contributed by atoms with Crippen LogP contribution < -0.4 is 0 Å². The van der Waals surface area contributed by atoms with Crippen LogP contribution in [0.15, 0.2) is 18.5 Å². The Morgan fingerprint density at radius 2 is 1.92 bits per heavy atom. The van der Waals surface area contributed by atoms with Crippen molar-refractivity contribution in [3.8, 4) is 0 Å². The quantitative estimate of drug-likeness (QED) is 0.621. The highest BCUT2D eigenvalue weighted by molar-refractivity contribution is 6.31. The summed E-state index contributed by atoms with van der Waals surface area (Å²) in [6.45, 7) is 0. The van der Waals surface area contributed by atoms with Crippen molar-refractivity contribution in [2.45, 2.75) is 13.6 Å². The van der Waals surface area contributed by atoms with E-state index in [1.807, 2.05) is 0 Å². The minimum absolute atomic E-state index is 0. The van der Waals surface area contributed by atoms with Gasteiger partial charge in [0, 0.05) is 12.4 Å². The number of pyridine rings is 1. The highest BCUT2D eigenvalue weighted by atomic mass is 35.5. The number of alkyl halides is 3. The molecule has 0 atom stereocenters. The minimum atomic E-state index is -4.41. The van der Waals surface area contributed by atoms with Crippen molar-refractivity contribution in [1.29, 1.82) is 0 Å². The van der Waals surface area contributed by atoms with Crippen LogP contribution in [0.25, 0.3) is 0 Å². The molecular formula is C7H7ClF3N. The second-order valence-electron chi connectivity index (χ2n) is 1.85. The number of halogens is 4. The maximum atomic E-state index is 11.9. The Balaban J connectivity index is 0.00000121. The predicted molar refractivity (Wildman–Crippen MR) is 41.0 cm³/mol. The number of hydrogen-bond donors (Lipinski definition) is 0. The summed E-state index contributed by atoms with van der Waals surface area (Å²) in [4.78, 5) is 3.31. The van der Waals surface area contributed by atoms with Crippen LogP contribution in [0.4, 0.5) is 13.2 Å². The van der Waals surface area contributed by atoms with Gasteiger partial charge in [0.15, 0.2) is 0 Å². The van der Waals surface area contributed by atoms with Crippen molar-refractivity contribution in [1.82, 2.24) is 4.98 Å². The fraction of sp³-hybridized carbons (Fsp3) is 0.286. The largest absolute Gasteiger partial charge is 0.419 e. The summed E-state index contributed by atoms with van der Waals surface area (Å²) < 4.78 is 35.8. The second-order valence-corrected chi connectivity index (χ2v) is 2.26. The summed E-state index contributed by atoms with van der Waals surface area (Å²) in [7, 11) is 0. The Kier molecular flexibility index (Phi) is 3.52. The highest BCUT2D eigenvalue weighted by Crippen LogP contribution is 2.33. The fourth-order valence-corrected chi connectivity index (χ4v) is 0.798. The molecule has 0 N–H and O–H groups in total. The van der Waals surface area contributed by atoms with E-state index >= 15 is 0 Å². The van der Waals surface area contributed by atoms with Gasteiger partial charge in [-0.25, -0.2) is 0 Å². The van der Waals surface area contributed by atoms with Gasteiger partial charge in [0.1, 0.15) is 0 Å². The molecule has 0 saturated heterocycles. The van der Waals surface area contributed by atoms with Gasteiger partial charge < -0.3 is 0 Å². The van der Waals surface area contributed by atoms with Gasteiger partial charge in [-0.2, -0.15) is 13.2 Å². The lowest BCUT2D eigenvalue weighted by Gasteiger charge is -2.06. The van der Waals surface area contributed by atoms with Crippen LogP contribution in [0.2, 0.25) is 5.02 Å². The molecule has 1 rings (SSSR count). The SMILES string of the molecule is C.FC(F)(F)c1cnccc1Cl. The van der Waals surface area contributed by atoms with Gasteiger partial charge in [-0.3, -0.25) is 4.98 Å². The molecule has 1 aromatic heterocycles. The maximum absolute atomic E-state index is 11.9.